The van der Waals surface area contributed by atoms with Crippen LogP contribution >= 0.6 is 10.5 Å². The van der Waals surface area contributed by atoms with Crippen LogP contribution in [-0.4, -0.2) is 52.1 Å². The second-order valence-corrected chi connectivity index (χ2v) is 9.17. The Morgan fingerprint density at radius 3 is 2.48 bits per heavy atom. The SMILES string of the molecule is [C-]#[N+]C(C(=O)[C@H]1CN(CC(N)=O)C(=O)[C@@H]1Cc1ccccc1)=S1CCCC1. The Hall–Kier alpha value is -2.46. The van der Waals surface area contributed by atoms with Crippen molar-refractivity contribution in [3.63, 3.8) is 0 Å². The van der Waals surface area contributed by atoms with Gasteiger partial charge in [0.2, 0.25) is 11.8 Å². The van der Waals surface area contributed by atoms with Crippen LogP contribution in [0.3, 0.4) is 0 Å². The molecule has 0 spiro atoms. The van der Waals surface area contributed by atoms with Gasteiger partial charge in [-0.3, -0.25) is 9.59 Å². The van der Waals surface area contributed by atoms with Gasteiger partial charge >= 0.3 is 0 Å². The maximum absolute atomic E-state index is 13.2. The number of carbonyl (C=O) groups is 3. The van der Waals surface area contributed by atoms with Crippen LogP contribution in [0.25, 0.3) is 4.85 Å². The number of likely N-dealkylation sites (tertiary alicyclic amines) is 1. The second kappa shape index (κ2) is 8.49. The van der Waals surface area contributed by atoms with Gasteiger partial charge in [0.15, 0.2) is 5.78 Å². The molecule has 2 saturated heterocycles. The van der Waals surface area contributed by atoms with E-state index in [0.29, 0.717) is 11.4 Å². The van der Waals surface area contributed by atoms with E-state index in [4.69, 9.17) is 12.3 Å². The first kappa shape index (κ1) is 19.3. The van der Waals surface area contributed by atoms with Crippen LogP contribution < -0.4 is 5.73 Å². The van der Waals surface area contributed by atoms with Gasteiger partial charge in [-0.15, -0.1) is 0 Å². The van der Waals surface area contributed by atoms with Crippen molar-refractivity contribution in [3.05, 3.63) is 47.3 Å². The van der Waals surface area contributed by atoms with E-state index in [2.05, 4.69) is 4.85 Å². The largest absolute Gasteiger partial charge is 0.368 e. The number of primary amides is 1. The molecular weight excluding hydrogens is 362 g/mol. The fraction of sp³-hybridized carbons (Fsp3) is 0.450. The molecule has 1 aromatic carbocycles. The van der Waals surface area contributed by atoms with Crippen LogP contribution in [0.4, 0.5) is 0 Å². The number of benzene rings is 1. The van der Waals surface area contributed by atoms with Crippen LogP contribution in [0.2, 0.25) is 0 Å². The molecule has 3 rings (SSSR count). The zero-order valence-electron chi connectivity index (χ0n) is 15.1. The molecule has 0 aliphatic carbocycles. The predicted molar refractivity (Wildman–Crippen MR) is 106 cm³/mol. The lowest BCUT2D eigenvalue weighted by Gasteiger charge is -2.16. The topological polar surface area (TPSA) is 84.8 Å². The maximum Gasteiger partial charge on any atom is 0.255 e. The number of amides is 2. The number of hydrogen-bond acceptors (Lipinski definition) is 3. The van der Waals surface area contributed by atoms with Gasteiger partial charge < -0.3 is 15.4 Å². The Bertz CT molecular complexity index is 821. The predicted octanol–water partition coefficient (Wildman–Crippen LogP) is 1.47. The molecule has 7 heteroatoms. The number of carbonyl (C=O) groups excluding carboxylic acids is 3. The van der Waals surface area contributed by atoms with Gasteiger partial charge in [0, 0.05) is 12.5 Å². The Balaban J connectivity index is 1.90. The molecule has 0 radical (unpaired) electrons. The van der Waals surface area contributed by atoms with Gasteiger partial charge in [-0.2, -0.15) is 10.5 Å². The summed E-state index contributed by atoms with van der Waals surface area (Å²) in [6, 6.07) is 9.52. The highest BCUT2D eigenvalue weighted by Crippen LogP contribution is 2.33. The summed E-state index contributed by atoms with van der Waals surface area (Å²) in [7, 11) is -0.294. The molecule has 0 saturated carbocycles. The molecule has 2 atom stereocenters. The minimum atomic E-state index is -0.595. The molecule has 2 fully saturated rings. The third-order valence-electron chi connectivity index (χ3n) is 5.13. The average Bonchev–Trinajstić information content (AvgIpc) is 3.27. The van der Waals surface area contributed by atoms with Crippen molar-refractivity contribution < 1.29 is 14.4 Å². The van der Waals surface area contributed by atoms with Crippen molar-refractivity contribution in [2.45, 2.75) is 19.3 Å². The summed E-state index contributed by atoms with van der Waals surface area (Å²) in [4.78, 5) is 42.7. The quantitative estimate of drug-likeness (QED) is 0.594. The molecule has 0 bridgehead atoms. The van der Waals surface area contributed by atoms with Crippen LogP contribution in [0, 0.1) is 18.4 Å². The Kier molecular flexibility index (Phi) is 6.07. The van der Waals surface area contributed by atoms with Crippen LogP contribution in [0.5, 0.6) is 0 Å². The Labute approximate surface area is 161 Å². The molecule has 2 heterocycles. The Morgan fingerprint density at radius 2 is 1.89 bits per heavy atom. The normalized spacial score (nSPS) is 22.6. The average molecular weight is 385 g/mol. The van der Waals surface area contributed by atoms with Crippen LogP contribution in [-0.2, 0) is 20.8 Å². The zero-order chi connectivity index (χ0) is 19.4. The monoisotopic (exact) mass is 385 g/mol. The fourth-order valence-electron chi connectivity index (χ4n) is 3.82. The van der Waals surface area contributed by atoms with E-state index in [1.54, 1.807) is 0 Å². The molecule has 2 aliphatic heterocycles. The standard InChI is InChI=1S/C20H23N3O3S/c1-22-19(27-9-5-6-10-27)18(25)16-12-23(13-17(21)24)20(26)15(16)11-14-7-3-2-4-8-14/h2-4,7-8,15-16H,5-6,9-13H2,(H2,21,24)/t15-,16+/m1/s1. The highest BCUT2D eigenvalue weighted by Gasteiger charge is 2.45. The van der Waals surface area contributed by atoms with Gasteiger partial charge in [-0.25, -0.2) is 4.85 Å². The number of rotatable bonds is 6. The fourth-order valence-corrected chi connectivity index (χ4v) is 6.08. The molecule has 2 amide bonds. The number of hydrogen-bond donors (Lipinski definition) is 1. The number of Topliss-reactive ketones (excluding diaryl/α,β-unsaturated/α-hetero) is 1. The first-order chi connectivity index (χ1) is 13.0. The lowest BCUT2D eigenvalue weighted by Crippen LogP contribution is -2.36. The first-order valence-electron chi connectivity index (χ1n) is 9.08. The lowest BCUT2D eigenvalue weighted by atomic mass is 9.86. The van der Waals surface area contributed by atoms with Crippen LogP contribution in [0.1, 0.15) is 18.4 Å². The van der Waals surface area contributed by atoms with Crippen molar-refractivity contribution in [1.82, 2.24) is 4.90 Å². The summed E-state index contributed by atoms with van der Waals surface area (Å²) in [6.07, 6.45) is 2.50. The highest BCUT2D eigenvalue weighted by atomic mass is 32.2. The zero-order valence-corrected chi connectivity index (χ0v) is 15.9. The molecule has 27 heavy (non-hydrogen) atoms. The molecule has 0 unspecified atom stereocenters. The minimum absolute atomic E-state index is 0.161. The van der Waals surface area contributed by atoms with Crippen molar-refractivity contribution in [2.75, 3.05) is 24.6 Å². The summed E-state index contributed by atoms with van der Waals surface area (Å²) >= 11 is 0. The van der Waals surface area contributed by atoms with Crippen molar-refractivity contribution in [3.8, 4) is 0 Å². The van der Waals surface area contributed by atoms with E-state index in [1.807, 2.05) is 30.3 Å². The van der Waals surface area contributed by atoms with Gasteiger partial charge in [0.1, 0.15) is 0 Å². The third-order valence-corrected chi connectivity index (χ3v) is 7.53. The molecule has 142 valence electrons. The summed E-state index contributed by atoms with van der Waals surface area (Å²) in [5, 5.41) is 0. The van der Waals surface area contributed by atoms with E-state index in [9.17, 15) is 14.4 Å². The molecule has 1 aromatic rings. The molecule has 2 N–H and O–H groups in total. The molecule has 0 aromatic heterocycles. The number of nitrogens with zero attached hydrogens (tertiary/aromatic N) is 2. The Morgan fingerprint density at radius 1 is 1.22 bits per heavy atom. The summed E-state index contributed by atoms with van der Waals surface area (Å²) in [6.45, 7) is 7.49. The highest BCUT2D eigenvalue weighted by molar-refractivity contribution is 8.17. The van der Waals surface area contributed by atoms with E-state index in [-0.39, 0.29) is 35.3 Å². The van der Waals surface area contributed by atoms with Crippen molar-refractivity contribution >= 4 is 33.1 Å². The third kappa shape index (κ3) is 4.28. The van der Waals surface area contributed by atoms with Gasteiger partial charge in [-0.1, -0.05) is 30.3 Å². The van der Waals surface area contributed by atoms with Crippen molar-refractivity contribution in [2.24, 2.45) is 17.6 Å². The molecule has 6 nitrogen and oxygen atoms in total. The van der Waals surface area contributed by atoms with Gasteiger partial charge in [0.25, 0.3) is 4.99 Å². The summed E-state index contributed by atoms with van der Waals surface area (Å²) in [5.41, 5.74) is 6.23. The smallest absolute Gasteiger partial charge is 0.255 e. The molecular formula is C20H23N3O3S. The number of nitrogens with two attached hydrogens (primary N) is 1. The maximum atomic E-state index is 13.2. The van der Waals surface area contributed by atoms with Gasteiger partial charge in [0.05, 0.1) is 19.0 Å². The minimum Gasteiger partial charge on any atom is -0.368 e. The van der Waals surface area contributed by atoms with E-state index >= 15 is 0 Å². The van der Waals surface area contributed by atoms with Gasteiger partial charge in [-0.05, 0) is 36.3 Å². The summed E-state index contributed by atoms with van der Waals surface area (Å²) < 4.78 is 0. The first-order valence-corrected chi connectivity index (χ1v) is 10.6. The summed E-state index contributed by atoms with van der Waals surface area (Å²) in [5.74, 6) is -0.401. The lowest BCUT2D eigenvalue weighted by molar-refractivity contribution is -0.134. The van der Waals surface area contributed by atoms with E-state index in [0.717, 1.165) is 29.9 Å². The van der Waals surface area contributed by atoms with E-state index in [1.165, 1.54) is 4.90 Å². The molecule has 2 aliphatic rings. The second-order valence-electron chi connectivity index (χ2n) is 6.98. The van der Waals surface area contributed by atoms with E-state index < -0.39 is 17.7 Å². The van der Waals surface area contributed by atoms with Crippen molar-refractivity contribution in [1.29, 1.82) is 0 Å². The van der Waals surface area contributed by atoms with Crippen LogP contribution in [0.15, 0.2) is 30.3 Å². The number of ketones is 1.